The van der Waals surface area contributed by atoms with Gasteiger partial charge >= 0.3 is 0 Å². The molecule has 5 nitrogen and oxygen atoms in total. The van der Waals surface area contributed by atoms with E-state index < -0.39 is 16.9 Å². The number of methoxy groups -OCH3 is 1. The van der Waals surface area contributed by atoms with Gasteiger partial charge in [-0.25, -0.2) is 0 Å². The van der Waals surface area contributed by atoms with E-state index in [9.17, 15) is 9.00 Å². The van der Waals surface area contributed by atoms with Crippen molar-refractivity contribution < 1.29 is 18.5 Å². The Morgan fingerprint density at radius 2 is 1.90 bits per heavy atom. The summed E-state index contributed by atoms with van der Waals surface area (Å²) in [6.45, 7) is 6.60. The quantitative estimate of drug-likeness (QED) is 0.585. The van der Waals surface area contributed by atoms with Crippen LogP contribution in [0, 0.1) is 0 Å². The highest BCUT2D eigenvalue weighted by Crippen LogP contribution is 2.27. The van der Waals surface area contributed by atoms with Gasteiger partial charge in [0.25, 0.3) is 5.91 Å². The lowest BCUT2D eigenvalue weighted by molar-refractivity contribution is -0.122. The first-order valence-corrected chi connectivity index (χ1v) is 11.4. The van der Waals surface area contributed by atoms with E-state index in [1.54, 1.807) is 7.11 Å². The van der Waals surface area contributed by atoms with E-state index in [1.807, 2.05) is 55.5 Å². The average molecular weight is 418 g/mol. The molecule has 0 aliphatic heterocycles. The molecule has 1 N–H and O–H groups in total. The summed E-state index contributed by atoms with van der Waals surface area (Å²) in [5, 5.41) is 2.93. The molecule has 2 atom stereocenters. The third kappa shape index (κ3) is 7.29. The molecular formula is C23H31NO4S. The second-order valence-corrected chi connectivity index (χ2v) is 8.75. The minimum absolute atomic E-state index is 0.191. The lowest BCUT2D eigenvalue weighted by Crippen LogP contribution is -2.32. The molecule has 29 heavy (non-hydrogen) atoms. The van der Waals surface area contributed by atoms with Crippen molar-refractivity contribution in [3.63, 3.8) is 0 Å². The van der Waals surface area contributed by atoms with E-state index in [-0.39, 0.29) is 5.91 Å². The summed E-state index contributed by atoms with van der Waals surface area (Å²) in [6.07, 6.45) is -0.0340. The largest absolute Gasteiger partial charge is 0.480 e. The third-order valence-corrected chi connectivity index (χ3v) is 5.79. The highest BCUT2D eigenvalue weighted by molar-refractivity contribution is 7.84. The first kappa shape index (κ1) is 23.1. The number of amides is 1. The van der Waals surface area contributed by atoms with Crippen LogP contribution in [0.1, 0.15) is 44.2 Å². The fourth-order valence-electron chi connectivity index (χ4n) is 2.94. The number of nitrogens with one attached hydrogen (secondary N) is 1. The van der Waals surface area contributed by atoms with Gasteiger partial charge in [0.05, 0.1) is 6.61 Å². The number of anilines is 1. The Morgan fingerprint density at radius 1 is 1.14 bits per heavy atom. The molecule has 2 rings (SSSR count). The number of rotatable bonds is 11. The fraction of sp³-hybridized carbons (Fsp3) is 0.435. The number of hydrogen-bond acceptors (Lipinski definition) is 4. The van der Waals surface area contributed by atoms with Crippen LogP contribution in [-0.2, 0) is 26.1 Å². The van der Waals surface area contributed by atoms with Crippen LogP contribution in [0.25, 0.3) is 0 Å². The molecule has 0 saturated carbocycles. The van der Waals surface area contributed by atoms with E-state index in [4.69, 9.17) is 9.47 Å². The molecular weight excluding hydrogens is 386 g/mol. The normalized spacial score (nSPS) is 13.1. The van der Waals surface area contributed by atoms with Gasteiger partial charge in [0, 0.05) is 35.1 Å². The molecule has 1 amide bonds. The van der Waals surface area contributed by atoms with Crippen LogP contribution in [0.15, 0.2) is 48.5 Å². The number of carbonyl (C=O) groups is 1. The topological polar surface area (TPSA) is 64.6 Å². The van der Waals surface area contributed by atoms with Crippen molar-refractivity contribution in [3.05, 3.63) is 59.7 Å². The molecule has 0 aromatic heterocycles. The third-order valence-electron chi connectivity index (χ3n) is 4.51. The SMILES string of the molecule is CCC(Oc1ccccc1C(C)C)C(=O)Nc1cccc(CS(=O)CCOC)c1. The van der Waals surface area contributed by atoms with Crippen LogP contribution in [0.4, 0.5) is 5.69 Å². The van der Waals surface area contributed by atoms with Crippen molar-refractivity contribution in [2.24, 2.45) is 0 Å². The van der Waals surface area contributed by atoms with Gasteiger partial charge < -0.3 is 14.8 Å². The van der Waals surface area contributed by atoms with E-state index >= 15 is 0 Å². The number of ether oxygens (including phenoxy) is 2. The van der Waals surface area contributed by atoms with Crippen LogP contribution in [0.5, 0.6) is 5.75 Å². The standard InChI is InChI=1S/C23H31NO4S/c1-5-21(28-22-12-7-6-11-20(22)17(2)3)23(25)24-19-10-8-9-18(15-19)16-29(26)14-13-27-4/h6-12,15,17,21H,5,13-14,16H2,1-4H3,(H,24,25). The smallest absolute Gasteiger partial charge is 0.265 e. The molecule has 6 heteroatoms. The maximum atomic E-state index is 12.8. The Kier molecular flexibility index (Phi) is 9.35. The van der Waals surface area contributed by atoms with Crippen molar-refractivity contribution in [2.45, 2.75) is 45.0 Å². The molecule has 158 valence electrons. The molecule has 0 spiro atoms. The van der Waals surface area contributed by atoms with Crippen molar-refractivity contribution in [1.82, 2.24) is 0 Å². The zero-order valence-electron chi connectivity index (χ0n) is 17.6. The van der Waals surface area contributed by atoms with Gasteiger partial charge in [0.2, 0.25) is 0 Å². The Bertz CT molecular complexity index is 822. The molecule has 0 aliphatic carbocycles. The predicted molar refractivity (Wildman–Crippen MR) is 119 cm³/mol. The van der Waals surface area contributed by atoms with E-state index in [1.165, 1.54) is 0 Å². The van der Waals surface area contributed by atoms with Gasteiger partial charge in [-0.05, 0) is 41.7 Å². The Balaban J connectivity index is 2.04. The number of para-hydroxylation sites is 1. The molecule has 0 saturated heterocycles. The lowest BCUT2D eigenvalue weighted by Gasteiger charge is -2.20. The first-order chi connectivity index (χ1) is 13.9. The summed E-state index contributed by atoms with van der Waals surface area (Å²) in [5.74, 6) is 1.79. The fourth-order valence-corrected chi connectivity index (χ4v) is 3.98. The first-order valence-electron chi connectivity index (χ1n) is 9.93. The minimum atomic E-state index is -0.998. The van der Waals surface area contributed by atoms with Gasteiger partial charge in [0.15, 0.2) is 6.10 Å². The molecule has 0 bridgehead atoms. The van der Waals surface area contributed by atoms with E-state index in [0.717, 1.165) is 16.9 Å². The summed E-state index contributed by atoms with van der Waals surface area (Å²) in [4.78, 5) is 12.8. The van der Waals surface area contributed by atoms with Crippen LogP contribution >= 0.6 is 0 Å². The maximum Gasteiger partial charge on any atom is 0.265 e. The molecule has 2 aromatic rings. The Morgan fingerprint density at radius 3 is 2.59 bits per heavy atom. The summed E-state index contributed by atoms with van der Waals surface area (Å²) in [7, 11) is 0.598. The van der Waals surface area contributed by atoms with Crippen molar-refractivity contribution >= 4 is 22.4 Å². The number of hydrogen-bond donors (Lipinski definition) is 1. The molecule has 0 aliphatic rings. The van der Waals surface area contributed by atoms with Crippen molar-refractivity contribution in [3.8, 4) is 5.75 Å². The zero-order chi connectivity index (χ0) is 21.2. The van der Waals surface area contributed by atoms with Crippen LogP contribution in [0.3, 0.4) is 0 Å². The highest BCUT2D eigenvalue weighted by atomic mass is 32.2. The second-order valence-electron chi connectivity index (χ2n) is 7.18. The average Bonchev–Trinajstić information content (AvgIpc) is 2.70. The summed E-state index contributed by atoms with van der Waals surface area (Å²) < 4.78 is 23.1. The number of carbonyl (C=O) groups excluding carboxylic acids is 1. The van der Waals surface area contributed by atoms with E-state index in [2.05, 4.69) is 19.2 Å². The second kappa shape index (κ2) is 11.7. The van der Waals surface area contributed by atoms with Gasteiger partial charge in [-0.1, -0.05) is 51.1 Å². The van der Waals surface area contributed by atoms with Gasteiger partial charge in [0.1, 0.15) is 5.75 Å². The maximum absolute atomic E-state index is 12.8. The summed E-state index contributed by atoms with van der Waals surface area (Å²) in [6, 6.07) is 15.3. The van der Waals surface area contributed by atoms with Crippen LogP contribution < -0.4 is 10.1 Å². The van der Waals surface area contributed by atoms with Gasteiger partial charge in [-0.3, -0.25) is 9.00 Å². The van der Waals surface area contributed by atoms with Crippen molar-refractivity contribution in [1.29, 1.82) is 0 Å². The monoisotopic (exact) mass is 417 g/mol. The van der Waals surface area contributed by atoms with Crippen molar-refractivity contribution in [2.75, 3.05) is 24.8 Å². The lowest BCUT2D eigenvalue weighted by atomic mass is 10.0. The van der Waals surface area contributed by atoms with Gasteiger partial charge in [-0.2, -0.15) is 0 Å². The molecule has 0 radical (unpaired) electrons. The Hall–Kier alpha value is -2.18. The zero-order valence-corrected chi connectivity index (χ0v) is 18.5. The molecule has 0 heterocycles. The van der Waals surface area contributed by atoms with Crippen LogP contribution in [-0.4, -0.2) is 35.7 Å². The number of benzene rings is 2. The molecule has 2 unspecified atom stereocenters. The molecule has 0 fully saturated rings. The van der Waals surface area contributed by atoms with Crippen LogP contribution in [0.2, 0.25) is 0 Å². The Labute approximate surface area is 176 Å². The summed E-state index contributed by atoms with van der Waals surface area (Å²) >= 11 is 0. The van der Waals surface area contributed by atoms with Gasteiger partial charge in [-0.15, -0.1) is 0 Å². The summed E-state index contributed by atoms with van der Waals surface area (Å²) in [5.41, 5.74) is 2.67. The predicted octanol–water partition coefficient (Wildman–Crippen LogP) is 4.50. The highest BCUT2D eigenvalue weighted by Gasteiger charge is 2.20. The van der Waals surface area contributed by atoms with E-state index in [0.29, 0.717) is 36.1 Å². The minimum Gasteiger partial charge on any atom is -0.480 e. The molecule has 2 aromatic carbocycles.